The molecule has 3 rings (SSSR count). The van der Waals surface area contributed by atoms with Crippen LogP contribution in [0.3, 0.4) is 0 Å². The van der Waals surface area contributed by atoms with Gasteiger partial charge in [-0.1, -0.05) is 23.7 Å². The maximum absolute atomic E-state index is 5.93. The maximum atomic E-state index is 5.93. The number of hydrogen-bond acceptors (Lipinski definition) is 2. The van der Waals surface area contributed by atoms with E-state index in [9.17, 15) is 0 Å². The Morgan fingerprint density at radius 1 is 1.19 bits per heavy atom. The molecule has 2 aliphatic heterocycles. The fraction of sp³-hybridized carbons (Fsp3) is 0.538. The van der Waals surface area contributed by atoms with Crippen molar-refractivity contribution in [3.63, 3.8) is 0 Å². The van der Waals surface area contributed by atoms with Crippen LogP contribution in [0.1, 0.15) is 23.7 Å². The molecule has 3 atom stereocenters. The van der Waals surface area contributed by atoms with Gasteiger partial charge in [0.15, 0.2) is 0 Å². The molecule has 3 heteroatoms. The third-order valence-corrected chi connectivity index (χ3v) is 5.25. The van der Waals surface area contributed by atoms with Crippen molar-refractivity contribution in [2.24, 2.45) is 5.92 Å². The molecule has 2 aliphatic rings. The minimum absolute atomic E-state index is 0.502. The van der Waals surface area contributed by atoms with E-state index in [-0.39, 0.29) is 0 Å². The highest BCUT2D eigenvalue weighted by Gasteiger charge is 2.38. The molecule has 0 saturated carbocycles. The SMILES string of the molecule is Clc1ccc(C2SCC[C@H]3OCC[C@H]23)cc1. The van der Waals surface area contributed by atoms with Gasteiger partial charge in [-0.25, -0.2) is 0 Å². The van der Waals surface area contributed by atoms with Crippen molar-refractivity contribution in [3.8, 4) is 0 Å². The van der Waals surface area contributed by atoms with Crippen LogP contribution in [0, 0.1) is 5.92 Å². The van der Waals surface area contributed by atoms with Gasteiger partial charge in [0, 0.05) is 22.8 Å². The molecule has 0 aliphatic carbocycles. The minimum Gasteiger partial charge on any atom is -0.378 e. The van der Waals surface area contributed by atoms with E-state index in [1.54, 1.807) is 0 Å². The van der Waals surface area contributed by atoms with Gasteiger partial charge in [0.05, 0.1) is 6.10 Å². The van der Waals surface area contributed by atoms with Crippen LogP contribution in [-0.2, 0) is 4.74 Å². The third kappa shape index (κ3) is 1.99. The molecule has 16 heavy (non-hydrogen) atoms. The first-order valence-corrected chi connectivity index (χ1v) is 7.26. The first-order valence-electron chi connectivity index (χ1n) is 5.83. The van der Waals surface area contributed by atoms with Crippen LogP contribution in [0.5, 0.6) is 0 Å². The lowest BCUT2D eigenvalue weighted by Gasteiger charge is -2.32. The molecule has 1 aromatic carbocycles. The molecule has 0 N–H and O–H groups in total. The summed E-state index contributed by atoms with van der Waals surface area (Å²) in [7, 11) is 0. The zero-order chi connectivity index (χ0) is 11.0. The normalized spacial score (nSPS) is 33.7. The molecule has 0 aromatic heterocycles. The quantitative estimate of drug-likeness (QED) is 0.751. The lowest BCUT2D eigenvalue weighted by atomic mass is 9.91. The molecule has 0 spiro atoms. The average molecular weight is 255 g/mol. The molecule has 1 unspecified atom stereocenters. The van der Waals surface area contributed by atoms with E-state index < -0.39 is 0 Å². The molecule has 2 fully saturated rings. The van der Waals surface area contributed by atoms with Crippen LogP contribution in [0.25, 0.3) is 0 Å². The molecule has 2 saturated heterocycles. The van der Waals surface area contributed by atoms with Gasteiger partial charge >= 0.3 is 0 Å². The second kappa shape index (κ2) is 4.59. The van der Waals surface area contributed by atoms with E-state index in [0.717, 1.165) is 11.6 Å². The number of thioether (sulfide) groups is 1. The lowest BCUT2D eigenvalue weighted by molar-refractivity contribution is 0.0850. The van der Waals surface area contributed by atoms with Crippen molar-refractivity contribution in [1.82, 2.24) is 0 Å². The second-order valence-electron chi connectivity index (χ2n) is 4.49. The standard InChI is InChI=1S/C13H15ClOS/c14-10-3-1-9(2-4-10)13-11-5-7-15-12(11)6-8-16-13/h1-4,11-13H,5-8H2/t11-,12+,13?/m0/s1. The Hall–Kier alpha value is -0.180. The van der Waals surface area contributed by atoms with Crippen molar-refractivity contribution in [2.45, 2.75) is 24.2 Å². The van der Waals surface area contributed by atoms with Crippen molar-refractivity contribution in [2.75, 3.05) is 12.4 Å². The van der Waals surface area contributed by atoms with Crippen molar-refractivity contribution in [1.29, 1.82) is 0 Å². The predicted octanol–water partition coefficient (Wildman–Crippen LogP) is 3.92. The summed E-state index contributed by atoms with van der Waals surface area (Å²) in [5.74, 6) is 1.92. The van der Waals surface area contributed by atoms with E-state index in [2.05, 4.69) is 23.9 Å². The summed E-state index contributed by atoms with van der Waals surface area (Å²) >= 11 is 8.01. The maximum Gasteiger partial charge on any atom is 0.0625 e. The van der Waals surface area contributed by atoms with Crippen LogP contribution in [0.4, 0.5) is 0 Å². The van der Waals surface area contributed by atoms with Crippen LogP contribution in [0.15, 0.2) is 24.3 Å². The molecule has 1 aromatic rings. The minimum atomic E-state index is 0.502. The van der Waals surface area contributed by atoms with E-state index in [4.69, 9.17) is 16.3 Å². The highest BCUT2D eigenvalue weighted by Crippen LogP contribution is 2.47. The molecule has 0 bridgehead atoms. The highest BCUT2D eigenvalue weighted by atomic mass is 35.5. The number of fused-ring (bicyclic) bond motifs is 1. The van der Waals surface area contributed by atoms with Gasteiger partial charge in [-0.2, -0.15) is 11.8 Å². The predicted molar refractivity (Wildman–Crippen MR) is 69.1 cm³/mol. The fourth-order valence-corrected chi connectivity index (χ4v) is 4.40. The number of hydrogen-bond donors (Lipinski definition) is 0. The Bertz CT molecular complexity index is 365. The zero-order valence-corrected chi connectivity index (χ0v) is 10.6. The Labute approximate surface area is 106 Å². The van der Waals surface area contributed by atoms with Gasteiger partial charge in [0.25, 0.3) is 0 Å². The second-order valence-corrected chi connectivity index (χ2v) is 6.18. The Balaban J connectivity index is 1.85. The Kier molecular flexibility index (Phi) is 3.14. The van der Waals surface area contributed by atoms with Gasteiger partial charge < -0.3 is 4.74 Å². The number of rotatable bonds is 1. The largest absolute Gasteiger partial charge is 0.378 e. The molecule has 2 heterocycles. The van der Waals surface area contributed by atoms with Gasteiger partial charge in [-0.15, -0.1) is 0 Å². The molecule has 0 radical (unpaired) electrons. The fourth-order valence-electron chi connectivity index (χ4n) is 2.74. The molecule has 1 nitrogen and oxygen atoms in total. The Morgan fingerprint density at radius 3 is 2.81 bits per heavy atom. The summed E-state index contributed by atoms with van der Waals surface area (Å²) in [5, 5.41) is 1.43. The van der Waals surface area contributed by atoms with Crippen LogP contribution in [-0.4, -0.2) is 18.5 Å². The van der Waals surface area contributed by atoms with Crippen molar-refractivity contribution >= 4 is 23.4 Å². The van der Waals surface area contributed by atoms with Gasteiger partial charge in [-0.05, 0) is 36.3 Å². The zero-order valence-electron chi connectivity index (χ0n) is 9.06. The van der Waals surface area contributed by atoms with E-state index >= 15 is 0 Å². The Morgan fingerprint density at radius 2 is 2.00 bits per heavy atom. The number of halogens is 1. The number of benzene rings is 1. The summed E-state index contributed by atoms with van der Waals surface area (Å²) < 4.78 is 5.79. The third-order valence-electron chi connectivity index (χ3n) is 3.55. The topological polar surface area (TPSA) is 9.23 Å². The summed E-state index contributed by atoms with van der Waals surface area (Å²) in [6.07, 6.45) is 2.94. The van der Waals surface area contributed by atoms with Crippen molar-refractivity contribution in [3.05, 3.63) is 34.9 Å². The van der Waals surface area contributed by atoms with Crippen LogP contribution < -0.4 is 0 Å². The number of ether oxygens (including phenoxy) is 1. The van der Waals surface area contributed by atoms with E-state index in [1.165, 1.54) is 24.2 Å². The van der Waals surface area contributed by atoms with Crippen LogP contribution >= 0.6 is 23.4 Å². The average Bonchev–Trinajstić information content (AvgIpc) is 2.78. The summed E-state index contributed by atoms with van der Waals surface area (Å²) in [4.78, 5) is 0. The van der Waals surface area contributed by atoms with E-state index in [1.807, 2.05) is 12.1 Å². The van der Waals surface area contributed by atoms with Gasteiger partial charge in [-0.3, -0.25) is 0 Å². The van der Waals surface area contributed by atoms with E-state index in [0.29, 0.717) is 17.3 Å². The van der Waals surface area contributed by atoms with Gasteiger partial charge in [0.2, 0.25) is 0 Å². The van der Waals surface area contributed by atoms with Crippen LogP contribution in [0.2, 0.25) is 5.02 Å². The molecular weight excluding hydrogens is 240 g/mol. The summed E-state index contributed by atoms with van der Waals surface area (Å²) in [5.41, 5.74) is 1.41. The van der Waals surface area contributed by atoms with Gasteiger partial charge in [0.1, 0.15) is 0 Å². The first-order chi connectivity index (χ1) is 7.84. The first kappa shape index (κ1) is 10.9. The summed E-state index contributed by atoms with van der Waals surface area (Å²) in [6, 6.07) is 8.33. The highest BCUT2D eigenvalue weighted by molar-refractivity contribution is 7.99. The molecule has 0 amide bonds. The molecule has 86 valence electrons. The molecular formula is C13H15ClOS. The lowest BCUT2D eigenvalue weighted by Crippen LogP contribution is -2.26. The summed E-state index contributed by atoms with van der Waals surface area (Å²) in [6.45, 7) is 0.944. The van der Waals surface area contributed by atoms with Crippen molar-refractivity contribution < 1.29 is 4.74 Å². The smallest absolute Gasteiger partial charge is 0.0625 e. The monoisotopic (exact) mass is 254 g/mol.